The van der Waals surface area contributed by atoms with Crippen molar-refractivity contribution >= 4 is 87.5 Å². The van der Waals surface area contributed by atoms with E-state index < -0.39 is 0 Å². The lowest BCUT2D eigenvalue weighted by Gasteiger charge is -2.26. The van der Waals surface area contributed by atoms with Gasteiger partial charge in [0.1, 0.15) is 0 Å². The first kappa shape index (κ1) is 57.4. The molecular weight excluding hydrogens is 1160 g/mol. The average Bonchev–Trinajstić information content (AvgIpc) is 2.50. The molecule has 0 aliphatic rings. The van der Waals surface area contributed by atoms with Gasteiger partial charge in [-0.3, -0.25) is 0 Å². The van der Waals surface area contributed by atoms with Gasteiger partial charge in [0.2, 0.25) is 0 Å². The second-order valence-corrected chi connectivity index (χ2v) is 23.7. The molecule has 0 bridgehead atoms. The van der Waals surface area contributed by atoms with E-state index in [1.165, 1.54) is 110 Å². The Morgan fingerprint density at radius 3 is 0.791 bits per heavy atom. The molecule has 0 saturated heterocycles. The SMILES string of the molecule is Brc1ccc2cc(-c3ccc4ccccc4c3)ccc2c1.c1ccc(-c2ccc(N(c3ccc(-c4ccccc4)cc3)c3ccc4cc(-c5ccc6ccccc6c5)ccc4c3)cc2)cc1.c1ccc(-c2ccc(Nc3ccc(-c4ccccc4)cc3)cc2)cc1. The molecule has 0 aliphatic heterocycles. The van der Waals surface area contributed by atoms with Crippen molar-refractivity contribution in [1.82, 2.24) is 0 Å². The van der Waals surface area contributed by atoms with Gasteiger partial charge >= 0.3 is 0 Å². The summed E-state index contributed by atoms with van der Waals surface area (Å²) in [5.74, 6) is 0. The van der Waals surface area contributed by atoms with Crippen LogP contribution in [0.25, 0.3) is 110 Å². The summed E-state index contributed by atoms with van der Waals surface area (Å²) >= 11 is 3.52. The van der Waals surface area contributed by atoms with Crippen LogP contribution >= 0.6 is 15.9 Å². The predicted octanol–water partition coefficient (Wildman–Crippen LogP) is 25.7. The molecule has 0 fully saturated rings. The Labute approximate surface area is 541 Å². The Balaban J connectivity index is 0.000000132. The van der Waals surface area contributed by atoms with Crippen LogP contribution in [0.4, 0.5) is 28.4 Å². The zero-order valence-corrected chi connectivity index (χ0v) is 51.7. The average molecular weight is 1230 g/mol. The zero-order chi connectivity index (χ0) is 61.1. The fourth-order valence-electron chi connectivity index (χ4n) is 11.9. The number of nitrogens with one attached hydrogen (secondary N) is 1. The summed E-state index contributed by atoms with van der Waals surface area (Å²) in [6.07, 6.45) is 0. The Kier molecular flexibility index (Phi) is 17.0. The van der Waals surface area contributed by atoms with Crippen LogP contribution < -0.4 is 10.2 Å². The van der Waals surface area contributed by atoms with Crippen LogP contribution in [-0.2, 0) is 0 Å². The number of fused-ring (bicyclic) bond motifs is 4. The molecule has 0 aromatic heterocycles. The van der Waals surface area contributed by atoms with E-state index in [1.54, 1.807) is 0 Å². The summed E-state index contributed by atoms with van der Waals surface area (Å²) in [6.45, 7) is 0. The monoisotopic (exact) mass is 1230 g/mol. The van der Waals surface area contributed by atoms with E-state index in [0.717, 1.165) is 32.9 Å². The number of anilines is 5. The van der Waals surface area contributed by atoms with Gasteiger partial charge < -0.3 is 10.2 Å². The van der Waals surface area contributed by atoms with Crippen LogP contribution in [0.15, 0.2) is 381 Å². The molecule has 16 aromatic carbocycles. The van der Waals surface area contributed by atoms with Gasteiger partial charge in [-0.25, -0.2) is 0 Å². The summed E-state index contributed by atoms with van der Waals surface area (Å²) in [4.78, 5) is 2.35. The van der Waals surface area contributed by atoms with Gasteiger partial charge in [-0.15, -0.1) is 0 Å². The van der Waals surface area contributed by atoms with E-state index >= 15 is 0 Å². The molecule has 0 aliphatic carbocycles. The van der Waals surface area contributed by atoms with Crippen molar-refractivity contribution in [3.05, 3.63) is 381 Å². The van der Waals surface area contributed by atoms with Crippen molar-refractivity contribution in [3.8, 4) is 66.8 Å². The summed E-state index contributed by atoms with van der Waals surface area (Å²) in [6, 6.07) is 134. The molecule has 1 N–H and O–H groups in total. The smallest absolute Gasteiger partial charge is 0.0468 e. The lowest BCUT2D eigenvalue weighted by molar-refractivity contribution is 1.29. The summed E-state index contributed by atoms with van der Waals surface area (Å²) in [5, 5.41) is 13.5. The minimum absolute atomic E-state index is 1.09. The summed E-state index contributed by atoms with van der Waals surface area (Å²) in [7, 11) is 0. The van der Waals surface area contributed by atoms with Gasteiger partial charge in [0, 0.05) is 32.9 Å². The maximum atomic E-state index is 3.52. The Morgan fingerprint density at radius 2 is 0.418 bits per heavy atom. The predicted molar refractivity (Wildman–Crippen MR) is 394 cm³/mol. The standard InChI is InChI=1S/C44H31N.C24H19N.C20H13Br/c1-3-9-32(10-4-1)35-19-24-42(25-20-35)45(43-26-21-36(22-27-43)33-11-5-2-6-12-33)44-28-23-40-30-39(17-18-41(40)31-44)38-16-15-34-13-7-8-14-37(34)29-38;1-3-7-19(8-4-1)21-11-15-23(16-12-21)25-24-17-13-22(14-18-24)20-9-5-2-6-10-20;21-20-10-9-18-12-17(7-8-19(18)13-20)16-6-5-14-3-1-2-4-15(14)11-16/h1-31H;1-18,25H;1-13H. The second kappa shape index (κ2) is 26.9. The highest BCUT2D eigenvalue weighted by Gasteiger charge is 2.15. The number of hydrogen-bond donors (Lipinski definition) is 1. The summed E-state index contributed by atoms with van der Waals surface area (Å²) < 4.78 is 1.12. The van der Waals surface area contributed by atoms with Crippen molar-refractivity contribution in [2.75, 3.05) is 10.2 Å². The molecule has 0 unspecified atom stereocenters. The van der Waals surface area contributed by atoms with E-state index in [2.05, 4.69) is 390 Å². The number of hydrogen-bond acceptors (Lipinski definition) is 2. The van der Waals surface area contributed by atoms with Crippen LogP contribution in [-0.4, -0.2) is 0 Å². The lowest BCUT2D eigenvalue weighted by atomic mass is 9.98. The first-order chi connectivity index (χ1) is 45.0. The molecule has 0 atom stereocenters. The van der Waals surface area contributed by atoms with Gasteiger partial charge in [-0.1, -0.05) is 295 Å². The Morgan fingerprint density at radius 1 is 0.176 bits per heavy atom. The maximum absolute atomic E-state index is 3.52. The number of halogens is 1. The van der Waals surface area contributed by atoms with Crippen molar-refractivity contribution in [2.45, 2.75) is 0 Å². The molecule has 16 aromatic rings. The third kappa shape index (κ3) is 13.5. The molecule has 0 amide bonds. The molecule has 0 spiro atoms. The van der Waals surface area contributed by atoms with Gasteiger partial charge in [0.15, 0.2) is 0 Å². The molecule has 0 radical (unpaired) electrons. The van der Waals surface area contributed by atoms with E-state index in [-0.39, 0.29) is 0 Å². The largest absolute Gasteiger partial charge is 0.356 e. The first-order valence-corrected chi connectivity index (χ1v) is 31.7. The first-order valence-electron chi connectivity index (χ1n) is 30.9. The topological polar surface area (TPSA) is 15.3 Å². The molecule has 16 rings (SSSR count). The number of nitrogens with zero attached hydrogens (tertiary/aromatic N) is 1. The van der Waals surface area contributed by atoms with Gasteiger partial charge in [0.05, 0.1) is 0 Å². The van der Waals surface area contributed by atoms with Crippen molar-refractivity contribution < 1.29 is 0 Å². The van der Waals surface area contributed by atoms with Crippen LogP contribution in [0.5, 0.6) is 0 Å². The number of benzene rings is 16. The third-order valence-electron chi connectivity index (χ3n) is 16.8. The fraction of sp³-hybridized carbons (Fsp3) is 0. The molecule has 0 heterocycles. The molecule has 91 heavy (non-hydrogen) atoms. The van der Waals surface area contributed by atoms with Crippen LogP contribution in [0, 0.1) is 0 Å². The highest BCUT2D eigenvalue weighted by atomic mass is 79.9. The maximum Gasteiger partial charge on any atom is 0.0468 e. The molecule has 0 saturated carbocycles. The van der Waals surface area contributed by atoms with E-state index in [9.17, 15) is 0 Å². The Hall–Kier alpha value is -11.4. The normalized spacial score (nSPS) is 10.9. The van der Waals surface area contributed by atoms with Crippen LogP contribution in [0.3, 0.4) is 0 Å². The summed E-state index contributed by atoms with van der Waals surface area (Å²) in [5.41, 5.74) is 20.3. The van der Waals surface area contributed by atoms with Crippen LogP contribution in [0.1, 0.15) is 0 Å². The minimum atomic E-state index is 1.09. The van der Waals surface area contributed by atoms with Gasteiger partial charge in [-0.05, 0) is 207 Å². The Bertz CT molecular complexity index is 4930. The van der Waals surface area contributed by atoms with Crippen LogP contribution in [0.2, 0.25) is 0 Å². The highest BCUT2D eigenvalue weighted by Crippen LogP contribution is 2.40. The fourth-order valence-corrected chi connectivity index (χ4v) is 12.3. The van der Waals surface area contributed by atoms with E-state index in [1.807, 2.05) is 12.1 Å². The molecule has 432 valence electrons. The second-order valence-electron chi connectivity index (χ2n) is 22.7. The quantitative estimate of drug-likeness (QED) is 0.139. The zero-order valence-electron chi connectivity index (χ0n) is 50.1. The van der Waals surface area contributed by atoms with E-state index in [4.69, 9.17) is 0 Å². The van der Waals surface area contributed by atoms with E-state index in [0.29, 0.717) is 0 Å². The minimum Gasteiger partial charge on any atom is -0.356 e. The van der Waals surface area contributed by atoms with Gasteiger partial charge in [-0.2, -0.15) is 0 Å². The molecule has 3 heteroatoms. The molecule has 2 nitrogen and oxygen atoms in total. The number of rotatable bonds is 11. The van der Waals surface area contributed by atoms with Crippen molar-refractivity contribution in [3.63, 3.8) is 0 Å². The third-order valence-corrected chi connectivity index (χ3v) is 17.3. The van der Waals surface area contributed by atoms with Crippen molar-refractivity contribution in [2.24, 2.45) is 0 Å². The van der Waals surface area contributed by atoms with Gasteiger partial charge in [0.25, 0.3) is 0 Å². The highest BCUT2D eigenvalue weighted by molar-refractivity contribution is 9.10. The lowest BCUT2D eigenvalue weighted by Crippen LogP contribution is -2.09. The molecular formula is C88H63BrN2. The van der Waals surface area contributed by atoms with Crippen molar-refractivity contribution in [1.29, 1.82) is 0 Å².